The van der Waals surface area contributed by atoms with E-state index in [0.29, 0.717) is 10.6 Å². The topological polar surface area (TPSA) is 50.2 Å². The second kappa shape index (κ2) is 5.55. The van der Waals surface area contributed by atoms with Gasteiger partial charge >= 0.3 is 5.97 Å². The quantitative estimate of drug-likeness (QED) is 0.937. The molecule has 0 aliphatic carbocycles. The second-order valence-electron chi connectivity index (χ2n) is 3.83. The Morgan fingerprint density at radius 1 is 1.26 bits per heavy atom. The Morgan fingerprint density at radius 2 is 2.00 bits per heavy atom. The molecule has 19 heavy (non-hydrogen) atoms. The fourth-order valence-electron chi connectivity index (χ4n) is 1.63. The van der Waals surface area contributed by atoms with E-state index in [1.165, 1.54) is 24.4 Å². The maximum absolute atomic E-state index is 14.1. The first kappa shape index (κ1) is 13.8. The van der Waals surface area contributed by atoms with Crippen molar-refractivity contribution < 1.29 is 14.3 Å². The summed E-state index contributed by atoms with van der Waals surface area (Å²) in [7, 11) is 0. The lowest BCUT2D eigenvalue weighted by atomic mass is 10.1. The molecule has 1 aromatic carbocycles. The summed E-state index contributed by atoms with van der Waals surface area (Å²) in [6, 6.07) is 5.93. The smallest absolute Gasteiger partial charge is 0.307 e. The lowest BCUT2D eigenvalue weighted by Gasteiger charge is -2.07. The summed E-state index contributed by atoms with van der Waals surface area (Å²) in [5.74, 6) is -1.77. The molecule has 0 fully saturated rings. The molecule has 0 saturated heterocycles. The minimum absolute atomic E-state index is 0.0531. The van der Waals surface area contributed by atoms with E-state index in [-0.39, 0.29) is 16.3 Å². The zero-order chi connectivity index (χ0) is 14.0. The average Bonchev–Trinajstić information content (AvgIpc) is 2.35. The highest BCUT2D eigenvalue weighted by Gasteiger charge is 2.14. The van der Waals surface area contributed by atoms with Crippen molar-refractivity contribution in [1.82, 2.24) is 4.98 Å². The van der Waals surface area contributed by atoms with E-state index in [4.69, 9.17) is 28.3 Å². The third-order valence-electron chi connectivity index (χ3n) is 2.50. The first-order chi connectivity index (χ1) is 8.99. The van der Waals surface area contributed by atoms with Gasteiger partial charge in [-0.2, -0.15) is 0 Å². The van der Waals surface area contributed by atoms with Crippen LogP contribution in [0.4, 0.5) is 4.39 Å². The molecule has 0 saturated carbocycles. The molecule has 1 heterocycles. The number of carbonyl (C=O) groups is 1. The first-order valence-electron chi connectivity index (χ1n) is 5.29. The number of benzene rings is 1. The van der Waals surface area contributed by atoms with Crippen molar-refractivity contribution in [3.63, 3.8) is 0 Å². The molecule has 98 valence electrons. The molecular weight excluding hydrogens is 292 g/mol. The van der Waals surface area contributed by atoms with Gasteiger partial charge in [0.25, 0.3) is 0 Å². The highest BCUT2D eigenvalue weighted by Crippen LogP contribution is 2.29. The van der Waals surface area contributed by atoms with Crippen LogP contribution < -0.4 is 0 Å². The number of pyridine rings is 1. The number of rotatable bonds is 3. The molecule has 0 amide bonds. The van der Waals surface area contributed by atoms with Crippen LogP contribution in [0.3, 0.4) is 0 Å². The Morgan fingerprint density at radius 3 is 2.63 bits per heavy atom. The van der Waals surface area contributed by atoms with Gasteiger partial charge in [0.15, 0.2) is 5.82 Å². The predicted octanol–water partition coefficient (Wildman–Crippen LogP) is 3.82. The molecule has 0 aliphatic heterocycles. The SMILES string of the molecule is O=C(O)Cc1ccnc(-c2ccc(Cl)c(Cl)c2)c1F. The van der Waals surface area contributed by atoms with Gasteiger partial charge in [0.05, 0.1) is 16.5 Å². The Hall–Kier alpha value is -1.65. The molecule has 6 heteroatoms. The van der Waals surface area contributed by atoms with Gasteiger partial charge in [-0.25, -0.2) is 4.39 Å². The monoisotopic (exact) mass is 299 g/mol. The van der Waals surface area contributed by atoms with Crippen molar-refractivity contribution in [2.24, 2.45) is 0 Å². The van der Waals surface area contributed by atoms with E-state index >= 15 is 0 Å². The van der Waals surface area contributed by atoms with Crippen LogP contribution in [0, 0.1) is 5.82 Å². The summed E-state index contributed by atoms with van der Waals surface area (Å²) in [5.41, 5.74) is 0.569. The zero-order valence-electron chi connectivity index (χ0n) is 9.53. The summed E-state index contributed by atoms with van der Waals surface area (Å²) in [6.45, 7) is 0. The molecule has 3 nitrogen and oxygen atoms in total. The van der Waals surface area contributed by atoms with Crippen molar-refractivity contribution in [3.8, 4) is 11.3 Å². The molecular formula is C13H8Cl2FNO2. The number of carboxylic acid groups (broad SMARTS) is 1. The number of nitrogens with zero attached hydrogens (tertiary/aromatic N) is 1. The van der Waals surface area contributed by atoms with E-state index < -0.39 is 18.2 Å². The van der Waals surface area contributed by atoms with Crippen molar-refractivity contribution in [1.29, 1.82) is 0 Å². The van der Waals surface area contributed by atoms with Crippen molar-refractivity contribution >= 4 is 29.2 Å². The van der Waals surface area contributed by atoms with Gasteiger partial charge < -0.3 is 5.11 Å². The van der Waals surface area contributed by atoms with Crippen LogP contribution in [-0.2, 0) is 11.2 Å². The number of hydrogen-bond acceptors (Lipinski definition) is 2. The maximum Gasteiger partial charge on any atom is 0.307 e. The molecule has 0 bridgehead atoms. The van der Waals surface area contributed by atoms with E-state index in [1.807, 2.05) is 0 Å². The van der Waals surface area contributed by atoms with Gasteiger partial charge in [0.2, 0.25) is 0 Å². The molecule has 2 rings (SSSR count). The highest BCUT2D eigenvalue weighted by atomic mass is 35.5. The van der Waals surface area contributed by atoms with Gasteiger partial charge in [-0.05, 0) is 18.2 Å². The lowest BCUT2D eigenvalue weighted by Crippen LogP contribution is -2.04. The molecule has 1 N–H and O–H groups in total. The Bertz CT molecular complexity index is 647. The molecule has 0 radical (unpaired) electrons. The number of halogens is 3. The second-order valence-corrected chi connectivity index (χ2v) is 4.65. The predicted molar refractivity (Wildman–Crippen MR) is 71.0 cm³/mol. The van der Waals surface area contributed by atoms with Crippen LogP contribution in [0.5, 0.6) is 0 Å². The van der Waals surface area contributed by atoms with E-state index in [1.54, 1.807) is 6.07 Å². The summed E-state index contributed by atoms with van der Waals surface area (Å²) >= 11 is 11.6. The normalized spacial score (nSPS) is 10.5. The van der Waals surface area contributed by atoms with Gasteiger partial charge in [-0.1, -0.05) is 29.3 Å². The van der Waals surface area contributed by atoms with Gasteiger partial charge in [0.1, 0.15) is 5.69 Å². The minimum atomic E-state index is -1.11. The number of aliphatic carboxylic acids is 1. The van der Waals surface area contributed by atoms with E-state index in [0.717, 1.165) is 0 Å². The molecule has 0 atom stereocenters. The van der Waals surface area contributed by atoms with Crippen LogP contribution in [0.15, 0.2) is 30.5 Å². The van der Waals surface area contributed by atoms with Crippen LogP contribution in [0.25, 0.3) is 11.3 Å². The minimum Gasteiger partial charge on any atom is -0.481 e. The largest absolute Gasteiger partial charge is 0.481 e. The zero-order valence-corrected chi connectivity index (χ0v) is 11.0. The first-order valence-corrected chi connectivity index (χ1v) is 6.05. The van der Waals surface area contributed by atoms with E-state index in [2.05, 4.69) is 4.98 Å². The summed E-state index contributed by atoms with van der Waals surface area (Å²) in [6.07, 6.45) is 0.960. The average molecular weight is 300 g/mol. The number of carboxylic acids is 1. The van der Waals surface area contributed by atoms with Crippen LogP contribution in [0.1, 0.15) is 5.56 Å². The lowest BCUT2D eigenvalue weighted by molar-refractivity contribution is -0.136. The van der Waals surface area contributed by atoms with Crippen molar-refractivity contribution in [2.75, 3.05) is 0 Å². The van der Waals surface area contributed by atoms with Crippen LogP contribution in [0.2, 0.25) is 10.0 Å². The molecule has 0 spiro atoms. The standard InChI is InChI=1S/C13H8Cl2FNO2/c14-9-2-1-8(5-10(9)15)13-12(16)7(3-4-17-13)6-11(18)19/h1-5H,6H2,(H,18,19). The van der Waals surface area contributed by atoms with Crippen LogP contribution in [-0.4, -0.2) is 16.1 Å². The Kier molecular flexibility index (Phi) is 4.02. The van der Waals surface area contributed by atoms with Gasteiger partial charge in [-0.3, -0.25) is 9.78 Å². The van der Waals surface area contributed by atoms with Gasteiger partial charge in [-0.15, -0.1) is 0 Å². The summed E-state index contributed by atoms with van der Waals surface area (Å²) in [4.78, 5) is 14.6. The van der Waals surface area contributed by atoms with Crippen LogP contribution >= 0.6 is 23.2 Å². The molecule has 2 aromatic rings. The fraction of sp³-hybridized carbons (Fsp3) is 0.0769. The van der Waals surface area contributed by atoms with Crippen molar-refractivity contribution in [2.45, 2.75) is 6.42 Å². The number of hydrogen-bond donors (Lipinski definition) is 1. The summed E-state index contributed by atoms with van der Waals surface area (Å²) in [5, 5.41) is 9.34. The fourth-order valence-corrected chi connectivity index (χ4v) is 1.93. The summed E-state index contributed by atoms with van der Waals surface area (Å²) < 4.78 is 14.1. The Labute approximate surface area is 118 Å². The third-order valence-corrected chi connectivity index (χ3v) is 3.24. The molecule has 0 aliphatic rings. The van der Waals surface area contributed by atoms with Crippen molar-refractivity contribution in [3.05, 3.63) is 51.9 Å². The molecule has 1 aromatic heterocycles. The number of aromatic nitrogens is 1. The van der Waals surface area contributed by atoms with Gasteiger partial charge in [0, 0.05) is 17.3 Å². The maximum atomic E-state index is 14.1. The molecule has 0 unspecified atom stereocenters. The van der Waals surface area contributed by atoms with E-state index in [9.17, 15) is 9.18 Å². The third kappa shape index (κ3) is 3.03. The highest BCUT2D eigenvalue weighted by molar-refractivity contribution is 6.42. The Balaban J connectivity index is 2.50.